The minimum absolute atomic E-state index is 0.0647. The molecule has 2 N–H and O–H groups in total. The predicted molar refractivity (Wildman–Crippen MR) is 71.7 cm³/mol. The Kier molecular flexibility index (Phi) is 2.95. The first-order chi connectivity index (χ1) is 9.65. The molecule has 0 saturated heterocycles. The number of anilines is 1. The van der Waals surface area contributed by atoms with Gasteiger partial charge in [-0.15, -0.1) is 0 Å². The van der Waals surface area contributed by atoms with Crippen molar-refractivity contribution in [3.63, 3.8) is 0 Å². The first-order valence-corrected chi connectivity index (χ1v) is 5.92. The van der Waals surface area contributed by atoms with E-state index in [2.05, 4.69) is 5.16 Å². The molecule has 3 nitrogen and oxygen atoms in total. The van der Waals surface area contributed by atoms with Crippen LogP contribution in [0, 0.1) is 11.6 Å². The normalized spacial score (nSPS) is 10.7. The summed E-state index contributed by atoms with van der Waals surface area (Å²) in [7, 11) is 0. The van der Waals surface area contributed by atoms with E-state index in [4.69, 9.17) is 10.3 Å². The summed E-state index contributed by atoms with van der Waals surface area (Å²) in [5.41, 5.74) is 7.64. The van der Waals surface area contributed by atoms with Gasteiger partial charge in [-0.1, -0.05) is 29.4 Å². The molecule has 20 heavy (non-hydrogen) atoms. The van der Waals surface area contributed by atoms with Crippen LogP contribution in [0.5, 0.6) is 0 Å². The second-order valence-electron chi connectivity index (χ2n) is 4.29. The molecule has 0 unspecified atom stereocenters. The largest absolute Gasteiger partial charge is 0.367 e. The maximum absolute atomic E-state index is 13.3. The van der Waals surface area contributed by atoms with E-state index in [1.165, 1.54) is 24.3 Å². The summed E-state index contributed by atoms with van der Waals surface area (Å²) in [6.07, 6.45) is 0. The van der Waals surface area contributed by atoms with Crippen molar-refractivity contribution >= 4 is 5.88 Å². The highest BCUT2D eigenvalue weighted by molar-refractivity contribution is 5.86. The number of nitrogens with zero attached hydrogens (tertiary/aromatic N) is 1. The minimum atomic E-state index is -0.395. The lowest BCUT2D eigenvalue weighted by Crippen LogP contribution is -1.89. The molecule has 1 heterocycles. The van der Waals surface area contributed by atoms with Crippen LogP contribution in [0.4, 0.5) is 14.7 Å². The minimum Gasteiger partial charge on any atom is -0.367 e. The monoisotopic (exact) mass is 272 g/mol. The average Bonchev–Trinajstić information content (AvgIpc) is 2.80. The molecule has 0 aliphatic carbocycles. The third-order valence-electron chi connectivity index (χ3n) is 2.93. The third kappa shape index (κ3) is 2.14. The number of hydrogen-bond donors (Lipinski definition) is 1. The van der Waals surface area contributed by atoms with Crippen molar-refractivity contribution < 1.29 is 13.3 Å². The van der Waals surface area contributed by atoms with Crippen molar-refractivity contribution in [3.05, 3.63) is 60.2 Å². The number of nitrogens with two attached hydrogens (primary N) is 1. The molecule has 3 rings (SSSR count). The summed E-state index contributed by atoms with van der Waals surface area (Å²) in [5, 5.41) is 3.84. The van der Waals surface area contributed by atoms with E-state index in [-0.39, 0.29) is 5.88 Å². The maximum Gasteiger partial charge on any atom is 0.230 e. The number of aromatic nitrogens is 1. The van der Waals surface area contributed by atoms with Crippen LogP contribution in [0.15, 0.2) is 53.1 Å². The Morgan fingerprint density at radius 3 is 2.15 bits per heavy atom. The van der Waals surface area contributed by atoms with Crippen molar-refractivity contribution in [1.82, 2.24) is 5.16 Å². The van der Waals surface area contributed by atoms with Gasteiger partial charge in [0.2, 0.25) is 5.88 Å². The van der Waals surface area contributed by atoms with E-state index in [9.17, 15) is 8.78 Å². The van der Waals surface area contributed by atoms with Gasteiger partial charge in [-0.05, 0) is 29.8 Å². The smallest absolute Gasteiger partial charge is 0.230 e. The van der Waals surface area contributed by atoms with Gasteiger partial charge in [0.25, 0.3) is 0 Å². The highest BCUT2D eigenvalue weighted by Crippen LogP contribution is 2.36. The molecular formula is C15H10F2N2O. The highest BCUT2D eigenvalue weighted by Gasteiger charge is 2.18. The molecule has 0 amide bonds. The van der Waals surface area contributed by atoms with Crippen LogP contribution in [-0.2, 0) is 0 Å². The van der Waals surface area contributed by atoms with Crippen LogP contribution >= 0.6 is 0 Å². The van der Waals surface area contributed by atoms with Gasteiger partial charge >= 0.3 is 0 Å². The molecule has 5 heteroatoms. The van der Waals surface area contributed by atoms with Gasteiger partial charge in [0, 0.05) is 5.56 Å². The van der Waals surface area contributed by atoms with Crippen LogP contribution in [0.25, 0.3) is 22.4 Å². The summed E-state index contributed by atoms with van der Waals surface area (Å²) < 4.78 is 31.6. The van der Waals surface area contributed by atoms with Crippen LogP contribution in [0.1, 0.15) is 0 Å². The molecule has 0 aliphatic rings. The van der Waals surface area contributed by atoms with Crippen LogP contribution < -0.4 is 5.73 Å². The summed E-state index contributed by atoms with van der Waals surface area (Å²) in [4.78, 5) is 0. The van der Waals surface area contributed by atoms with Gasteiger partial charge in [-0.25, -0.2) is 8.78 Å². The van der Waals surface area contributed by atoms with Crippen molar-refractivity contribution in [2.75, 3.05) is 5.73 Å². The number of hydrogen-bond acceptors (Lipinski definition) is 3. The van der Waals surface area contributed by atoms with Gasteiger partial charge in [0.15, 0.2) is 0 Å². The van der Waals surface area contributed by atoms with E-state index in [0.717, 1.165) is 0 Å². The summed E-state index contributed by atoms with van der Waals surface area (Å²) >= 11 is 0. The molecule has 100 valence electrons. The number of halogens is 2. The van der Waals surface area contributed by atoms with Crippen LogP contribution in [-0.4, -0.2) is 5.16 Å². The second kappa shape index (κ2) is 4.77. The fraction of sp³-hybridized carbons (Fsp3) is 0. The zero-order valence-electron chi connectivity index (χ0n) is 10.3. The molecular weight excluding hydrogens is 262 g/mol. The van der Waals surface area contributed by atoms with E-state index < -0.39 is 11.6 Å². The van der Waals surface area contributed by atoms with Crippen LogP contribution in [0.3, 0.4) is 0 Å². The van der Waals surface area contributed by atoms with E-state index in [1.54, 1.807) is 24.3 Å². The molecule has 2 aromatic carbocycles. The zero-order valence-corrected chi connectivity index (χ0v) is 10.3. The van der Waals surface area contributed by atoms with Crippen LogP contribution in [0.2, 0.25) is 0 Å². The van der Waals surface area contributed by atoms with Gasteiger partial charge in [-0.2, -0.15) is 0 Å². The van der Waals surface area contributed by atoms with Gasteiger partial charge in [-0.3, -0.25) is 0 Å². The van der Waals surface area contributed by atoms with Gasteiger partial charge < -0.3 is 10.3 Å². The molecule has 3 aromatic rings. The molecule has 0 aliphatic heterocycles. The van der Waals surface area contributed by atoms with E-state index in [0.29, 0.717) is 22.4 Å². The maximum atomic E-state index is 13.3. The molecule has 0 radical (unpaired) electrons. The summed E-state index contributed by atoms with van der Waals surface area (Å²) in [6, 6.07) is 11.8. The lowest BCUT2D eigenvalue weighted by Gasteiger charge is -2.03. The van der Waals surface area contributed by atoms with Crippen molar-refractivity contribution in [2.24, 2.45) is 0 Å². The topological polar surface area (TPSA) is 52.0 Å². The number of nitrogen functional groups attached to an aromatic ring is 1. The van der Waals surface area contributed by atoms with Crippen molar-refractivity contribution in [3.8, 4) is 22.4 Å². The van der Waals surface area contributed by atoms with Gasteiger partial charge in [0.05, 0.1) is 5.56 Å². The van der Waals surface area contributed by atoms with E-state index >= 15 is 0 Å². The Labute approximate surface area is 113 Å². The quantitative estimate of drug-likeness (QED) is 0.770. The molecule has 0 fully saturated rings. The Bertz CT molecular complexity index is 768. The molecule has 1 aromatic heterocycles. The van der Waals surface area contributed by atoms with Crippen molar-refractivity contribution in [2.45, 2.75) is 0 Å². The first-order valence-electron chi connectivity index (χ1n) is 5.92. The standard InChI is InChI=1S/C15H10F2N2O/c16-11-5-1-3-9(7-11)13-14(19-20-15(13)18)10-4-2-6-12(17)8-10/h1-8H,18H2. The first kappa shape index (κ1) is 12.3. The Morgan fingerprint density at radius 2 is 1.50 bits per heavy atom. The lowest BCUT2D eigenvalue weighted by atomic mass is 10.0. The summed E-state index contributed by atoms with van der Waals surface area (Å²) in [6.45, 7) is 0. The fourth-order valence-corrected chi connectivity index (χ4v) is 2.06. The Morgan fingerprint density at radius 1 is 0.900 bits per heavy atom. The highest BCUT2D eigenvalue weighted by atomic mass is 19.1. The SMILES string of the molecule is Nc1onc(-c2cccc(F)c2)c1-c1cccc(F)c1. The Balaban J connectivity index is 2.20. The molecule has 0 spiro atoms. The van der Waals surface area contributed by atoms with Crippen molar-refractivity contribution in [1.29, 1.82) is 0 Å². The van der Waals surface area contributed by atoms with E-state index in [1.807, 2.05) is 0 Å². The summed E-state index contributed by atoms with van der Waals surface area (Å²) in [5.74, 6) is -0.725. The second-order valence-corrected chi connectivity index (χ2v) is 4.29. The average molecular weight is 272 g/mol. The number of rotatable bonds is 2. The molecule has 0 saturated carbocycles. The molecule has 0 atom stereocenters. The predicted octanol–water partition coefficient (Wildman–Crippen LogP) is 3.87. The lowest BCUT2D eigenvalue weighted by molar-refractivity contribution is 0.439. The zero-order chi connectivity index (χ0) is 14.1. The Hall–Kier alpha value is -2.69. The third-order valence-corrected chi connectivity index (χ3v) is 2.93. The fourth-order valence-electron chi connectivity index (χ4n) is 2.06. The number of benzene rings is 2. The molecule has 0 bridgehead atoms. The van der Waals surface area contributed by atoms with Gasteiger partial charge in [0.1, 0.15) is 17.3 Å².